The Bertz CT molecular complexity index is 698. The molecule has 5 heteroatoms. The number of hydrogen-bond donors (Lipinski definition) is 1. The molecule has 124 valence electrons. The van der Waals surface area contributed by atoms with E-state index in [1.807, 2.05) is 49.4 Å². The summed E-state index contributed by atoms with van der Waals surface area (Å²) in [5.41, 5.74) is 2.94. The second kappa shape index (κ2) is 8.02. The molecule has 2 aromatic carbocycles. The van der Waals surface area contributed by atoms with Crippen LogP contribution in [0.5, 0.6) is 0 Å². The van der Waals surface area contributed by atoms with Gasteiger partial charge in [-0.25, -0.2) is 8.42 Å². The molecule has 0 radical (unpaired) electrons. The fraction of sp³-hybridized carbons (Fsp3) is 0.333. The van der Waals surface area contributed by atoms with Crippen molar-refractivity contribution in [1.82, 2.24) is 0 Å². The van der Waals surface area contributed by atoms with Crippen LogP contribution in [0.2, 0.25) is 0 Å². The van der Waals surface area contributed by atoms with Gasteiger partial charge in [0.15, 0.2) is 0 Å². The van der Waals surface area contributed by atoms with E-state index in [-0.39, 0.29) is 5.75 Å². The SMILES string of the molecule is CCCS(=O)(=O)Nc1ccc(N(CC)Cc2ccccc2)cc1. The summed E-state index contributed by atoms with van der Waals surface area (Å²) in [5, 5.41) is 0. The zero-order valence-electron chi connectivity index (χ0n) is 13.7. The van der Waals surface area contributed by atoms with Crippen molar-refractivity contribution in [1.29, 1.82) is 0 Å². The molecule has 0 aliphatic rings. The molecule has 23 heavy (non-hydrogen) atoms. The predicted molar refractivity (Wildman–Crippen MR) is 97.3 cm³/mol. The van der Waals surface area contributed by atoms with Gasteiger partial charge >= 0.3 is 0 Å². The third-order valence-corrected chi connectivity index (χ3v) is 5.07. The number of nitrogens with zero attached hydrogens (tertiary/aromatic N) is 1. The molecular formula is C18H24N2O2S. The molecule has 1 N–H and O–H groups in total. The number of sulfonamides is 1. The van der Waals surface area contributed by atoms with E-state index < -0.39 is 10.0 Å². The van der Waals surface area contributed by atoms with Crippen LogP contribution < -0.4 is 9.62 Å². The van der Waals surface area contributed by atoms with Gasteiger partial charge in [-0.05, 0) is 43.2 Å². The highest BCUT2D eigenvalue weighted by Gasteiger charge is 2.10. The van der Waals surface area contributed by atoms with Gasteiger partial charge < -0.3 is 4.90 Å². The lowest BCUT2D eigenvalue weighted by atomic mass is 10.2. The van der Waals surface area contributed by atoms with Gasteiger partial charge in [-0.1, -0.05) is 37.3 Å². The van der Waals surface area contributed by atoms with E-state index in [4.69, 9.17) is 0 Å². The van der Waals surface area contributed by atoms with Crippen molar-refractivity contribution >= 4 is 21.4 Å². The van der Waals surface area contributed by atoms with E-state index in [0.29, 0.717) is 12.1 Å². The smallest absolute Gasteiger partial charge is 0.232 e. The van der Waals surface area contributed by atoms with Gasteiger partial charge in [0.05, 0.1) is 5.75 Å². The van der Waals surface area contributed by atoms with Crippen LogP contribution >= 0.6 is 0 Å². The summed E-state index contributed by atoms with van der Waals surface area (Å²) in [6, 6.07) is 17.8. The fourth-order valence-corrected chi connectivity index (χ4v) is 3.56. The van der Waals surface area contributed by atoms with Crippen molar-refractivity contribution in [3.8, 4) is 0 Å². The minimum Gasteiger partial charge on any atom is -0.367 e. The van der Waals surface area contributed by atoms with Gasteiger partial charge in [-0.15, -0.1) is 0 Å². The summed E-state index contributed by atoms with van der Waals surface area (Å²) < 4.78 is 26.2. The number of benzene rings is 2. The Kier molecular flexibility index (Phi) is 6.04. The van der Waals surface area contributed by atoms with E-state index >= 15 is 0 Å². The summed E-state index contributed by atoms with van der Waals surface area (Å²) in [4.78, 5) is 2.25. The maximum absolute atomic E-state index is 11.8. The molecule has 0 saturated heterocycles. The van der Waals surface area contributed by atoms with Crippen LogP contribution in [-0.2, 0) is 16.6 Å². The second-order valence-electron chi connectivity index (χ2n) is 5.47. The molecule has 0 aromatic heterocycles. The first-order valence-corrected chi connectivity index (χ1v) is 9.58. The summed E-state index contributed by atoms with van der Waals surface area (Å²) >= 11 is 0. The highest BCUT2D eigenvalue weighted by Crippen LogP contribution is 2.20. The molecule has 0 heterocycles. The molecule has 0 unspecified atom stereocenters. The first kappa shape index (κ1) is 17.3. The number of hydrogen-bond acceptors (Lipinski definition) is 3. The molecule has 2 rings (SSSR count). The fourth-order valence-electron chi connectivity index (χ4n) is 2.43. The molecule has 0 fully saturated rings. The van der Waals surface area contributed by atoms with Gasteiger partial charge in [-0.2, -0.15) is 0 Å². The first-order valence-electron chi connectivity index (χ1n) is 7.93. The third-order valence-electron chi connectivity index (χ3n) is 3.58. The van der Waals surface area contributed by atoms with Gasteiger partial charge in [0, 0.05) is 24.5 Å². The standard InChI is InChI=1S/C18H24N2O2S/c1-3-14-23(21,22)19-17-10-12-18(13-11-17)20(4-2)15-16-8-6-5-7-9-16/h5-13,19H,3-4,14-15H2,1-2H3. The number of anilines is 2. The summed E-state index contributed by atoms with van der Waals surface area (Å²) in [5.74, 6) is 0.143. The number of nitrogens with one attached hydrogen (secondary N) is 1. The van der Waals surface area contributed by atoms with Gasteiger partial charge in [0.1, 0.15) is 0 Å². The van der Waals surface area contributed by atoms with Gasteiger partial charge in [0.25, 0.3) is 0 Å². The van der Waals surface area contributed by atoms with Crippen molar-refractivity contribution < 1.29 is 8.42 Å². The van der Waals surface area contributed by atoms with Gasteiger partial charge in [-0.3, -0.25) is 4.72 Å². The molecule has 2 aromatic rings. The number of rotatable bonds is 8. The first-order chi connectivity index (χ1) is 11.0. The maximum Gasteiger partial charge on any atom is 0.232 e. The maximum atomic E-state index is 11.8. The van der Waals surface area contributed by atoms with Crippen molar-refractivity contribution in [2.24, 2.45) is 0 Å². The molecule has 0 bridgehead atoms. The largest absolute Gasteiger partial charge is 0.367 e. The summed E-state index contributed by atoms with van der Waals surface area (Å²) in [7, 11) is -3.24. The van der Waals surface area contributed by atoms with Crippen molar-refractivity contribution in [2.45, 2.75) is 26.8 Å². The van der Waals surface area contributed by atoms with Crippen LogP contribution in [0.1, 0.15) is 25.8 Å². The van der Waals surface area contributed by atoms with Crippen LogP contribution in [0.4, 0.5) is 11.4 Å². The van der Waals surface area contributed by atoms with Crippen LogP contribution in [0.25, 0.3) is 0 Å². The van der Waals surface area contributed by atoms with E-state index in [1.54, 1.807) is 0 Å². The Morgan fingerprint density at radius 1 is 0.957 bits per heavy atom. The van der Waals surface area contributed by atoms with E-state index in [9.17, 15) is 8.42 Å². The van der Waals surface area contributed by atoms with E-state index in [0.717, 1.165) is 18.8 Å². The average Bonchev–Trinajstić information content (AvgIpc) is 2.54. The van der Waals surface area contributed by atoms with E-state index in [2.05, 4.69) is 28.7 Å². The minimum atomic E-state index is -3.24. The zero-order valence-corrected chi connectivity index (χ0v) is 14.5. The van der Waals surface area contributed by atoms with Crippen LogP contribution in [0.3, 0.4) is 0 Å². The van der Waals surface area contributed by atoms with Crippen molar-refractivity contribution in [3.63, 3.8) is 0 Å². The predicted octanol–water partition coefficient (Wildman–Crippen LogP) is 3.86. The normalized spacial score (nSPS) is 11.2. The second-order valence-corrected chi connectivity index (χ2v) is 7.31. The quantitative estimate of drug-likeness (QED) is 0.798. The zero-order chi connectivity index (χ0) is 16.7. The Labute approximate surface area is 139 Å². The van der Waals surface area contributed by atoms with Crippen LogP contribution in [-0.4, -0.2) is 20.7 Å². The molecule has 0 amide bonds. The van der Waals surface area contributed by atoms with Crippen molar-refractivity contribution in [2.75, 3.05) is 21.9 Å². The molecular weight excluding hydrogens is 308 g/mol. The Morgan fingerprint density at radius 2 is 1.61 bits per heavy atom. The Morgan fingerprint density at radius 3 is 2.17 bits per heavy atom. The lowest BCUT2D eigenvalue weighted by molar-refractivity contribution is 0.600. The third kappa shape index (κ3) is 5.28. The van der Waals surface area contributed by atoms with E-state index in [1.165, 1.54) is 5.56 Å². The summed E-state index contributed by atoms with van der Waals surface area (Å²) in [6.45, 7) is 5.68. The van der Waals surface area contributed by atoms with Crippen LogP contribution in [0, 0.1) is 0 Å². The Hall–Kier alpha value is -2.01. The average molecular weight is 332 g/mol. The lowest BCUT2D eigenvalue weighted by Crippen LogP contribution is -2.22. The lowest BCUT2D eigenvalue weighted by Gasteiger charge is -2.23. The molecule has 0 aliphatic carbocycles. The molecule has 0 atom stereocenters. The molecule has 0 aliphatic heterocycles. The molecule has 0 spiro atoms. The minimum absolute atomic E-state index is 0.143. The topological polar surface area (TPSA) is 49.4 Å². The summed E-state index contributed by atoms with van der Waals surface area (Å²) in [6.07, 6.45) is 0.605. The van der Waals surface area contributed by atoms with Crippen LogP contribution in [0.15, 0.2) is 54.6 Å². The van der Waals surface area contributed by atoms with Crippen molar-refractivity contribution in [3.05, 3.63) is 60.2 Å². The Balaban J connectivity index is 2.08. The highest BCUT2D eigenvalue weighted by molar-refractivity contribution is 7.92. The monoisotopic (exact) mass is 332 g/mol. The molecule has 0 saturated carbocycles. The molecule has 4 nitrogen and oxygen atoms in total. The van der Waals surface area contributed by atoms with Gasteiger partial charge in [0.2, 0.25) is 10.0 Å². The highest BCUT2D eigenvalue weighted by atomic mass is 32.2.